The minimum Gasteiger partial charge on any atom is -0.397 e. The molecule has 0 heterocycles. The Balaban J connectivity index is 2.34. The first-order chi connectivity index (χ1) is 16.7. The lowest BCUT2D eigenvalue weighted by atomic mass is 9.78. The van der Waals surface area contributed by atoms with Crippen LogP contribution in [-0.4, -0.2) is 44.6 Å². The van der Waals surface area contributed by atoms with Crippen molar-refractivity contribution in [3.8, 4) is 11.1 Å². The van der Waals surface area contributed by atoms with Crippen molar-refractivity contribution in [1.82, 2.24) is 5.32 Å². The highest BCUT2D eigenvalue weighted by atomic mass is 32.2. The van der Waals surface area contributed by atoms with Gasteiger partial charge in [0.05, 0.1) is 16.9 Å². The zero-order valence-corrected chi connectivity index (χ0v) is 20.6. The molecule has 0 radical (unpaired) electrons. The molecular weight excluding hydrogens is 510 g/mol. The number of nitrogens with one attached hydrogen (secondary N) is 1. The number of benzene rings is 3. The van der Waals surface area contributed by atoms with Crippen LogP contribution in [0.2, 0.25) is 0 Å². The first-order valence-electron chi connectivity index (χ1n) is 10.4. The Bertz CT molecular complexity index is 1710. The van der Waals surface area contributed by atoms with Gasteiger partial charge in [0.15, 0.2) is 11.6 Å². The first kappa shape index (κ1) is 25.5. The summed E-state index contributed by atoms with van der Waals surface area (Å²) in [5.74, 6) is -1.59. The highest BCUT2D eigenvalue weighted by Crippen LogP contribution is 2.48. The molecule has 188 valence electrons. The predicted molar refractivity (Wildman–Crippen MR) is 131 cm³/mol. The second-order valence-electron chi connectivity index (χ2n) is 8.26. The van der Waals surface area contributed by atoms with Crippen LogP contribution < -0.4 is 16.8 Å². The Morgan fingerprint density at radius 1 is 0.806 bits per heavy atom. The summed E-state index contributed by atoms with van der Waals surface area (Å²) in [6.45, 7) is 1.56. The first-order valence-corrected chi connectivity index (χ1v) is 13.2. The maximum absolute atomic E-state index is 13.7. The molecule has 0 bridgehead atoms. The summed E-state index contributed by atoms with van der Waals surface area (Å²) in [6, 6.07) is 8.38. The Labute approximate surface area is 206 Å². The van der Waals surface area contributed by atoms with Crippen molar-refractivity contribution in [1.29, 1.82) is 0 Å². The third-order valence-corrected chi connectivity index (χ3v) is 7.71. The van der Waals surface area contributed by atoms with Crippen LogP contribution in [0.25, 0.3) is 11.1 Å². The average molecular weight is 532 g/mol. The van der Waals surface area contributed by atoms with Crippen LogP contribution in [0, 0.1) is 6.92 Å². The van der Waals surface area contributed by atoms with Gasteiger partial charge >= 0.3 is 0 Å². The van der Waals surface area contributed by atoms with Gasteiger partial charge in [-0.3, -0.25) is 18.7 Å². The second-order valence-corrected chi connectivity index (χ2v) is 11.0. The third-order valence-electron chi connectivity index (χ3n) is 5.88. The lowest BCUT2D eigenvalue weighted by Crippen LogP contribution is -2.26. The molecule has 11 nitrogen and oxygen atoms in total. The normalized spacial score (nSPS) is 13.4. The molecular formula is C23H21N3O8S2. The molecule has 0 spiro atoms. The van der Waals surface area contributed by atoms with Crippen LogP contribution in [0.15, 0.2) is 46.2 Å². The van der Waals surface area contributed by atoms with Gasteiger partial charge in [0.1, 0.15) is 9.79 Å². The van der Waals surface area contributed by atoms with Crippen LogP contribution in [-0.2, 0) is 26.8 Å². The predicted octanol–water partition coefficient (Wildman–Crippen LogP) is 1.81. The maximum Gasteiger partial charge on any atom is 0.298 e. The molecule has 0 unspecified atom stereocenters. The van der Waals surface area contributed by atoms with Crippen molar-refractivity contribution in [2.45, 2.75) is 23.3 Å². The minimum atomic E-state index is -5.17. The van der Waals surface area contributed by atoms with Gasteiger partial charge in [0.2, 0.25) is 0 Å². The zero-order valence-electron chi connectivity index (χ0n) is 19.0. The van der Waals surface area contributed by atoms with E-state index in [0.717, 1.165) is 6.07 Å². The van der Waals surface area contributed by atoms with Crippen molar-refractivity contribution < 1.29 is 35.5 Å². The molecule has 0 amide bonds. The van der Waals surface area contributed by atoms with E-state index in [1.54, 1.807) is 20.0 Å². The van der Waals surface area contributed by atoms with Gasteiger partial charge in [0.25, 0.3) is 20.2 Å². The Hall–Kier alpha value is -3.62. The lowest BCUT2D eigenvalue weighted by Gasteiger charge is -2.27. The number of nitrogens with two attached hydrogens (primary N) is 2. The quantitative estimate of drug-likeness (QED) is 0.185. The van der Waals surface area contributed by atoms with E-state index >= 15 is 0 Å². The van der Waals surface area contributed by atoms with Crippen LogP contribution >= 0.6 is 0 Å². The fraction of sp³-hybridized carbons (Fsp3) is 0.130. The summed E-state index contributed by atoms with van der Waals surface area (Å²) in [7, 11) is -8.58. The van der Waals surface area contributed by atoms with Crippen molar-refractivity contribution in [2.24, 2.45) is 0 Å². The van der Waals surface area contributed by atoms with E-state index in [0.29, 0.717) is 5.56 Å². The van der Waals surface area contributed by atoms with Crippen molar-refractivity contribution in [2.75, 3.05) is 18.5 Å². The SMILES string of the molecule is CNCc1cc(C)cc(S(=O)(=O)O)c1-c1c(N)c(S(=O)(=O)O)c(N)c2c1C(=O)c1ccccc1C2=O. The van der Waals surface area contributed by atoms with Gasteiger partial charge in [-0.25, -0.2) is 0 Å². The molecule has 0 saturated carbocycles. The molecule has 13 heteroatoms. The number of hydrogen-bond donors (Lipinski definition) is 5. The number of rotatable bonds is 5. The third kappa shape index (κ3) is 3.86. The van der Waals surface area contributed by atoms with Crippen molar-refractivity contribution >= 4 is 43.2 Å². The van der Waals surface area contributed by atoms with E-state index in [1.165, 1.54) is 24.3 Å². The topological polar surface area (TPSA) is 207 Å². The summed E-state index contributed by atoms with van der Waals surface area (Å²) in [5.41, 5.74) is 9.48. The summed E-state index contributed by atoms with van der Waals surface area (Å²) in [5, 5.41) is 2.83. The van der Waals surface area contributed by atoms with Gasteiger partial charge < -0.3 is 16.8 Å². The molecule has 1 aliphatic carbocycles. The number of ketones is 2. The monoisotopic (exact) mass is 531 g/mol. The van der Waals surface area contributed by atoms with Crippen LogP contribution in [0.4, 0.5) is 11.4 Å². The maximum atomic E-state index is 13.7. The molecule has 0 saturated heterocycles. The fourth-order valence-electron chi connectivity index (χ4n) is 4.56. The fourth-order valence-corrected chi connectivity index (χ4v) is 6.14. The van der Waals surface area contributed by atoms with E-state index < -0.39 is 69.7 Å². The van der Waals surface area contributed by atoms with Crippen LogP contribution in [0.3, 0.4) is 0 Å². The van der Waals surface area contributed by atoms with Crippen LogP contribution in [0.5, 0.6) is 0 Å². The molecule has 0 atom stereocenters. The number of anilines is 2. The number of carbonyl (C=O) groups excluding carboxylic acids is 2. The lowest BCUT2D eigenvalue weighted by molar-refractivity contribution is 0.0980. The molecule has 0 aromatic heterocycles. The molecule has 4 rings (SSSR count). The highest BCUT2D eigenvalue weighted by Gasteiger charge is 2.40. The highest BCUT2D eigenvalue weighted by molar-refractivity contribution is 7.86. The number of carbonyl (C=O) groups is 2. The van der Waals surface area contributed by atoms with Gasteiger partial charge in [-0.05, 0) is 31.2 Å². The summed E-state index contributed by atoms with van der Waals surface area (Å²) >= 11 is 0. The number of hydrogen-bond acceptors (Lipinski definition) is 9. The van der Waals surface area contributed by atoms with E-state index in [-0.39, 0.29) is 28.8 Å². The Morgan fingerprint density at radius 2 is 1.33 bits per heavy atom. The molecule has 7 N–H and O–H groups in total. The Morgan fingerprint density at radius 3 is 1.83 bits per heavy atom. The summed E-state index contributed by atoms with van der Waals surface area (Å²) in [4.78, 5) is 25.5. The van der Waals surface area contributed by atoms with Gasteiger partial charge in [-0.15, -0.1) is 0 Å². The van der Waals surface area contributed by atoms with Gasteiger partial charge in [-0.1, -0.05) is 30.3 Å². The minimum absolute atomic E-state index is 0.00193. The number of fused-ring (bicyclic) bond motifs is 2. The molecule has 3 aromatic rings. The summed E-state index contributed by atoms with van der Waals surface area (Å²) < 4.78 is 69.6. The van der Waals surface area contributed by atoms with Gasteiger partial charge in [0, 0.05) is 34.4 Å². The van der Waals surface area contributed by atoms with Crippen molar-refractivity contribution in [3.05, 3.63) is 69.8 Å². The summed E-state index contributed by atoms with van der Waals surface area (Å²) in [6.07, 6.45) is 0. The molecule has 0 fully saturated rings. The second kappa shape index (κ2) is 8.50. The smallest absolute Gasteiger partial charge is 0.298 e. The zero-order chi connectivity index (χ0) is 26.7. The average Bonchev–Trinajstić information content (AvgIpc) is 2.76. The number of nitrogen functional groups attached to an aromatic ring is 2. The molecule has 0 aliphatic heterocycles. The largest absolute Gasteiger partial charge is 0.397 e. The van der Waals surface area contributed by atoms with E-state index in [1.807, 2.05) is 0 Å². The van der Waals surface area contributed by atoms with E-state index in [9.17, 15) is 35.5 Å². The molecule has 3 aromatic carbocycles. The van der Waals surface area contributed by atoms with E-state index in [4.69, 9.17) is 11.5 Å². The van der Waals surface area contributed by atoms with E-state index in [2.05, 4.69) is 5.32 Å². The standard InChI is InChI=1S/C23H21N3O8S2/c1-10-7-11(9-26-2)15(14(8-10)35(29,30)31)16-17-18(20(25)23(19(16)24)36(32,33)34)22(28)13-6-4-3-5-12(13)21(17)27/h3-8,26H,9,24-25H2,1-2H3,(H,29,30,31)(H,32,33,34). The number of aryl methyl sites for hydroxylation is 1. The van der Waals surface area contributed by atoms with Gasteiger partial charge in [-0.2, -0.15) is 16.8 Å². The Kier molecular flexibility index (Phi) is 6.01. The van der Waals surface area contributed by atoms with Crippen molar-refractivity contribution in [3.63, 3.8) is 0 Å². The van der Waals surface area contributed by atoms with Crippen LogP contribution in [0.1, 0.15) is 43.0 Å². The molecule has 36 heavy (non-hydrogen) atoms. The molecule has 1 aliphatic rings.